The van der Waals surface area contributed by atoms with Crippen LogP contribution in [0.3, 0.4) is 0 Å². The molecule has 0 atom stereocenters. The first kappa shape index (κ1) is 23.6. The molecule has 3 rings (SSSR count). The van der Waals surface area contributed by atoms with Crippen molar-refractivity contribution in [3.63, 3.8) is 0 Å². The van der Waals surface area contributed by atoms with E-state index in [1.165, 1.54) is 0 Å². The average Bonchev–Trinajstić information content (AvgIpc) is 2.73. The molecule has 0 radical (unpaired) electrons. The van der Waals surface area contributed by atoms with Crippen molar-refractivity contribution >= 4 is 23.5 Å². The number of carbonyl (C=O) groups is 2. The van der Waals surface area contributed by atoms with Crippen molar-refractivity contribution in [3.05, 3.63) is 60.6 Å². The molecule has 9 nitrogen and oxygen atoms in total. The zero-order valence-electron chi connectivity index (χ0n) is 19.1. The molecular weight excluding hydrogens is 422 g/mol. The van der Waals surface area contributed by atoms with E-state index in [9.17, 15) is 9.59 Å². The molecule has 0 saturated carbocycles. The number of benzene rings is 1. The van der Waals surface area contributed by atoms with Gasteiger partial charge in [-0.15, -0.1) is 0 Å². The van der Waals surface area contributed by atoms with Gasteiger partial charge in [0.2, 0.25) is 11.8 Å². The average molecular weight is 450 g/mol. The molecule has 0 fully saturated rings. The van der Waals surface area contributed by atoms with E-state index in [0.29, 0.717) is 29.7 Å². The minimum atomic E-state index is -0.594. The molecule has 2 amide bonds. The highest BCUT2D eigenvalue weighted by Gasteiger charge is 2.16. The smallest absolute Gasteiger partial charge is 0.412 e. The van der Waals surface area contributed by atoms with Crippen LogP contribution in [0.4, 0.5) is 16.3 Å². The zero-order valence-corrected chi connectivity index (χ0v) is 19.1. The molecule has 9 heteroatoms. The van der Waals surface area contributed by atoms with E-state index in [4.69, 9.17) is 9.47 Å². The third kappa shape index (κ3) is 7.57. The molecule has 2 N–H and O–H groups in total. The predicted molar refractivity (Wildman–Crippen MR) is 125 cm³/mol. The number of hydrogen-bond acceptors (Lipinski definition) is 7. The third-order valence-corrected chi connectivity index (χ3v) is 4.17. The van der Waals surface area contributed by atoms with Gasteiger partial charge in [0.25, 0.3) is 0 Å². The summed E-state index contributed by atoms with van der Waals surface area (Å²) in [6, 6.07) is 10.5. The van der Waals surface area contributed by atoms with E-state index in [2.05, 4.69) is 25.6 Å². The predicted octanol–water partition coefficient (Wildman–Crippen LogP) is 4.47. The maximum atomic E-state index is 12.5. The molecule has 1 aromatic carbocycles. The lowest BCUT2D eigenvalue weighted by atomic mass is 10.1. The van der Waals surface area contributed by atoms with Crippen LogP contribution in [0.15, 0.2) is 55.0 Å². The van der Waals surface area contributed by atoms with E-state index in [1.807, 2.05) is 6.92 Å². The fourth-order valence-electron chi connectivity index (χ4n) is 2.88. The van der Waals surface area contributed by atoms with Crippen LogP contribution < -0.4 is 15.4 Å². The monoisotopic (exact) mass is 449 g/mol. The molecule has 2 aromatic heterocycles. The van der Waals surface area contributed by atoms with E-state index in [-0.39, 0.29) is 12.3 Å². The zero-order chi connectivity index (χ0) is 23.8. The SMILES string of the molecule is CCOc1cncc(-c2ccc(NC(=O)Cc3cccc(NC(=O)OC(C)(C)C)c3)nc2)n1. The first-order valence-corrected chi connectivity index (χ1v) is 10.5. The van der Waals surface area contributed by atoms with Crippen LogP contribution in [0.25, 0.3) is 11.3 Å². The second kappa shape index (κ2) is 10.5. The summed E-state index contributed by atoms with van der Waals surface area (Å²) in [7, 11) is 0. The summed E-state index contributed by atoms with van der Waals surface area (Å²) >= 11 is 0. The summed E-state index contributed by atoms with van der Waals surface area (Å²) < 4.78 is 10.6. The minimum absolute atomic E-state index is 0.120. The van der Waals surface area contributed by atoms with Crippen molar-refractivity contribution in [1.29, 1.82) is 0 Å². The molecule has 2 heterocycles. The van der Waals surface area contributed by atoms with Crippen molar-refractivity contribution in [2.45, 2.75) is 39.7 Å². The number of nitrogens with zero attached hydrogens (tertiary/aromatic N) is 3. The molecule has 0 bridgehead atoms. The van der Waals surface area contributed by atoms with Crippen LogP contribution in [-0.2, 0) is 16.0 Å². The van der Waals surface area contributed by atoms with Gasteiger partial charge >= 0.3 is 6.09 Å². The molecular formula is C24H27N5O4. The summed E-state index contributed by atoms with van der Waals surface area (Å²) in [5, 5.41) is 5.44. The summed E-state index contributed by atoms with van der Waals surface area (Å²) in [6.45, 7) is 7.75. The lowest BCUT2D eigenvalue weighted by Gasteiger charge is -2.19. The lowest BCUT2D eigenvalue weighted by Crippen LogP contribution is -2.27. The fraction of sp³-hybridized carbons (Fsp3) is 0.292. The number of pyridine rings is 1. The number of nitrogens with one attached hydrogen (secondary N) is 2. The molecule has 3 aromatic rings. The molecule has 172 valence electrons. The van der Waals surface area contributed by atoms with Crippen LogP contribution in [0.5, 0.6) is 5.88 Å². The van der Waals surface area contributed by atoms with E-state index >= 15 is 0 Å². The van der Waals surface area contributed by atoms with Gasteiger partial charge in [-0.2, -0.15) is 0 Å². The first-order chi connectivity index (χ1) is 15.7. The van der Waals surface area contributed by atoms with Gasteiger partial charge < -0.3 is 14.8 Å². The largest absolute Gasteiger partial charge is 0.477 e. The van der Waals surface area contributed by atoms with Crippen molar-refractivity contribution in [2.75, 3.05) is 17.2 Å². The lowest BCUT2D eigenvalue weighted by molar-refractivity contribution is -0.115. The second-order valence-corrected chi connectivity index (χ2v) is 8.16. The van der Waals surface area contributed by atoms with Crippen molar-refractivity contribution in [3.8, 4) is 17.1 Å². The topological polar surface area (TPSA) is 115 Å². The molecule has 0 saturated heterocycles. The normalized spacial score (nSPS) is 10.9. The third-order valence-electron chi connectivity index (χ3n) is 4.17. The maximum absolute atomic E-state index is 12.5. The number of aromatic nitrogens is 3. The van der Waals surface area contributed by atoms with Crippen LogP contribution in [0, 0.1) is 0 Å². The second-order valence-electron chi connectivity index (χ2n) is 8.16. The number of rotatable bonds is 7. The summed E-state index contributed by atoms with van der Waals surface area (Å²) in [4.78, 5) is 37.2. The Labute approximate surface area is 192 Å². The van der Waals surface area contributed by atoms with Crippen LogP contribution >= 0.6 is 0 Å². The Morgan fingerprint density at radius 2 is 1.85 bits per heavy atom. The van der Waals surface area contributed by atoms with Crippen LogP contribution in [0.2, 0.25) is 0 Å². The van der Waals surface area contributed by atoms with Gasteiger partial charge in [-0.1, -0.05) is 12.1 Å². The van der Waals surface area contributed by atoms with Gasteiger partial charge in [-0.25, -0.2) is 14.8 Å². The number of carbonyl (C=O) groups excluding carboxylic acids is 2. The Hall–Kier alpha value is -4.01. The molecule has 0 aliphatic carbocycles. The van der Waals surface area contributed by atoms with Gasteiger partial charge in [0.1, 0.15) is 11.4 Å². The summed E-state index contributed by atoms with van der Waals surface area (Å²) in [5.41, 5.74) is 2.07. The molecule has 0 aliphatic rings. The Bertz CT molecular complexity index is 1110. The van der Waals surface area contributed by atoms with Crippen molar-refractivity contribution < 1.29 is 19.1 Å². The van der Waals surface area contributed by atoms with Gasteiger partial charge in [-0.3, -0.25) is 15.1 Å². The first-order valence-electron chi connectivity index (χ1n) is 10.5. The molecule has 0 unspecified atom stereocenters. The van der Waals surface area contributed by atoms with Gasteiger partial charge in [-0.05, 0) is 57.5 Å². The number of ether oxygens (including phenoxy) is 2. The fourth-order valence-corrected chi connectivity index (χ4v) is 2.88. The standard InChI is InChI=1S/C24H27N5O4/c1-5-32-22-15-25-14-19(28-22)17-9-10-20(26-13-17)29-21(30)12-16-7-6-8-18(11-16)27-23(31)33-24(2,3)4/h6-11,13-15H,5,12H2,1-4H3,(H,27,31)(H,26,29,30). The van der Waals surface area contributed by atoms with Gasteiger partial charge in [0.05, 0.1) is 31.1 Å². The Morgan fingerprint density at radius 3 is 2.55 bits per heavy atom. The summed E-state index contributed by atoms with van der Waals surface area (Å²) in [5.74, 6) is 0.624. The minimum Gasteiger partial charge on any atom is -0.477 e. The van der Waals surface area contributed by atoms with Crippen LogP contribution in [-0.4, -0.2) is 39.2 Å². The van der Waals surface area contributed by atoms with E-state index in [1.54, 1.807) is 75.8 Å². The molecule has 0 aliphatic heterocycles. The highest BCUT2D eigenvalue weighted by molar-refractivity contribution is 5.92. The Balaban J connectivity index is 1.59. The van der Waals surface area contributed by atoms with Gasteiger partial charge in [0, 0.05) is 17.4 Å². The van der Waals surface area contributed by atoms with Crippen LogP contribution in [0.1, 0.15) is 33.3 Å². The van der Waals surface area contributed by atoms with E-state index in [0.717, 1.165) is 11.1 Å². The van der Waals surface area contributed by atoms with Crippen molar-refractivity contribution in [2.24, 2.45) is 0 Å². The van der Waals surface area contributed by atoms with Gasteiger partial charge in [0.15, 0.2) is 0 Å². The highest BCUT2D eigenvalue weighted by Crippen LogP contribution is 2.19. The number of anilines is 2. The Morgan fingerprint density at radius 1 is 1.03 bits per heavy atom. The molecule has 33 heavy (non-hydrogen) atoms. The Kier molecular flexibility index (Phi) is 7.55. The number of hydrogen-bond donors (Lipinski definition) is 2. The highest BCUT2D eigenvalue weighted by atomic mass is 16.6. The quantitative estimate of drug-likeness (QED) is 0.547. The summed E-state index contributed by atoms with van der Waals surface area (Å²) in [6.07, 6.45) is 4.35. The van der Waals surface area contributed by atoms with Crippen molar-refractivity contribution in [1.82, 2.24) is 15.0 Å². The van der Waals surface area contributed by atoms with E-state index < -0.39 is 11.7 Å². The maximum Gasteiger partial charge on any atom is 0.412 e. The number of amides is 2. The molecule has 0 spiro atoms.